The Morgan fingerprint density at radius 3 is 1.59 bits per heavy atom. The Bertz CT molecular complexity index is 228. The lowest BCUT2D eigenvalue weighted by molar-refractivity contribution is -0.121. The summed E-state index contributed by atoms with van der Waals surface area (Å²) in [5, 5.41) is 27.5. The van der Waals surface area contributed by atoms with Gasteiger partial charge < -0.3 is 31.1 Å². The van der Waals surface area contributed by atoms with Gasteiger partial charge in [-0.25, -0.2) is 0 Å². The first-order valence-corrected chi connectivity index (χ1v) is 5.28. The fraction of sp³-hybridized carbons (Fsp3) is 0.714. The topological polar surface area (TPSA) is 123 Å². The molecule has 10 heteroatoms. The van der Waals surface area contributed by atoms with E-state index in [-0.39, 0.29) is 31.6 Å². The van der Waals surface area contributed by atoms with Crippen LogP contribution in [0, 0.1) is 0 Å². The van der Waals surface area contributed by atoms with Gasteiger partial charge in [0, 0.05) is 0 Å². The minimum Gasteiger partial charge on any atom is -0.437 e. The molecule has 0 aromatic heterocycles. The molecule has 0 aromatic rings. The molecule has 0 radical (unpaired) electrons. The van der Waals surface area contributed by atoms with Gasteiger partial charge in [0.05, 0.1) is 19.8 Å². The van der Waals surface area contributed by atoms with Gasteiger partial charge in [-0.15, -0.1) is 0 Å². The van der Waals surface area contributed by atoms with Gasteiger partial charge in [-0.2, -0.15) is 0 Å². The predicted octanol–water partition coefficient (Wildman–Crippen LogP) is -3.42. The third kappa shape index (κ3) is 11.2. The summed E-state index contributed by atoms with van der Waals surface area (Å²) in [6.45, 7) is 2.94. The Hall–Kier alpha value is -1.09. The van der Waals surface area contributed by atoms with Crippen LogP contribution in [0.1, 0.15) is 0 Å². The summed E-state index contributed by atoms with van der Waals surface area (Å²) < 4.78 is 0. The summed E-state index contributed by atoms with van der Waals surface area (Å²) in [6.07, 6.45) is 0. The molecule has 0 fully saturated rings. The summed E-state index contributed by atoms with van der Waals surface area (Å²) in [5.41, 5.74) is 0. The highest BCUT2D eigenvalue weighted by atomic mass is 16.2. The molecule has 6 N–H and O–H groups in total. The molecule has 0 saturated carbocycles. The maximum Gasteiger partial charge on any atom is 0.374 e. The summed E-state index contributed by atoms with van der Waals surface area (Å²) in [7, 11) is -1.52. The van der Waals surface area contributed by atoms with Crippen molar-refractivity contribution in [2.24, 2.45) is 0 Å². The Morgan fingerprint density at radius 1 is 0.941 bits per heavy atom. The average molecular weight is 244 g/mol. The van der Waals surface area contributed by atoms with E-state index in [1.165, 1.54) is 13.6 Å². The van der Waals surface area contributed by atoms with E-state index in [1.807, 2.05) is 0 Å². The van der Waals surface area contributed by atoms with E-state index in [0.29, 0.717) is 0 Å². The van der Waals surface area contributed by atoms with E-state index in [0.717, 1.165) is 0 Å². The van der Waals surface area contributed by atoms with Crippen LogP contribution in [0.2, 0.25) is 13.6 Å². The maximum absolute atomic E-state index is 11.1. The van der Waals surface area contributed by atoms with Gasteiger partial charge in [0.2, 0.25) is 11.8 Å². The lowest BCUT2D eigenvalue weighted by atomic mass is 9.89. The van der Waals surface area contributed by atoms with Crippen molar-refractivity contribution >= 4 is 25.9 Å². The number of carbonyl (C=O) groups is 2. The Labute approximate surface area is 101 Å². The smallest absolute Gasteiger partial charge is 0.374 e. The molecule has 0 heterocycles. The fourth-order valence-electron chi connectivity index (χ4n) is 0.847. The van der Waals surface area contributed by atoms with Crippen LogP contribution in [0.15, 0.2) is 0 Å². The van der Waals surface area contributed by atoms with Crippen LogP contribution >= 0.6 is 0 Å². The van der Waals surface area contributed by atoms with Crippen LogP contribution in [0.5, 0.6) is 0 Å². The van der Waals surface area contributed by atoms with Gasteiger partial charge in [0.1, 0.15) is 0 Å². The second-order valence-electron chi connectivity index (χ2n) is 3.49. The van der Waals surface area contributed by atoms with Gasteiger partial charge in [-0.1, -0.05) is 0 Å². The van der Waals surface area contributed by atoms with E-state index in [9.17, 15) is 9.59 Å². The number of amides is 2. The number of carbonyl (C=O) groups excluding carboxylic acids is 2. The molecule has 0 aromatic carbocycles. The highest BCUT2D eigenvalue weighted by molar-refractivity contribution is 6.46. The molecule has 0 saturated heterocycles. The average Bonchev–Trinajstić information content (AvgIpc) is 2.23. The van der Waals surface area contributed by atoms with E-state index >= 15 is 0 Å². The lowest BCUT2D eigenvalue weighted by Crippen LogP contribution is -2.46. The summed E-state index contributed by atoms with van der Waals surface area (Å²) in [6, 6.07) is 0. The molecule has 0 spiro atoms. The normalized spacial score (nSPS) is 9.65. The van der Waals surface area contributed by atoms with Crippen molar-refractivity contribution in [1.82, 2.24) is 21.1 Å². The third-order valence-corrected chi connectivity index (χ3v) is 1.69. The first-order valence-electron chi connectivity index (χ1n) is 5.28. The Balaban J connectivity index is 3.49. The minimum atomic E-state index is -0.759. The van der Waals surface area contributed by atoms with Gasteiger partial charge in [0.15, 0.2) is 0 Å². The van der Waals surface area contributed by atoms with Crippen LogP contribution in [0.4, 0.5) is 0 Å². The van der Waals surface area contributed by atoms with Crippen LogP contribution in [-0.4, -0.2) is 55.7 Å². The number of nitrogens with one attached hydrogen (secondary N) is 4. The number of hydrogen-bond acceptors (Lipinski definition) is 6. The van der Waals surface area contributed by atoms with E-state index in [4.69, 9.17) is 10.0 Å². The molecule has 0 bridgehead atoms. The molecule has 0 aliphatic rings. The largest absolute Gasteiger partial charge is 0.437 e. The van der Waals surface area contributed by atoms with Crippen molar-refractivity contribution in [3.8, 4) is 0 Å². The van der Waals surface area contributed by atoms with E-state index in [2.05, 4.69) is 21.1 Å². The molecule has 17 heavy (non-hydrogen) atoms. The molecular weight excluding hydrogens is 226 g/mol. The zero-order chi connectivity index (χ0) is 13.3. The second-order valence-corrected chi connectivity index (χ2v) is 3.49. The summed E-state index contributed by atoms with van der Waals surface area (Å²) >= 11 is 0. The highest BCUT2D eigenvalue weighted by Crippen LogP contribution is 1.69. The predicted molar refractivity (Wildman–Crippen MR) is 64.8 cm³/mol. The molecular formula is C7H18B2N4O4. The first-order chi connectivity index (χ1) is 7.91. The second kappa shape index (κ2) is 8.99. The molecule has 8 nitrogen and oxygen atoms in total. The maximum atomic E-state index is 11.1. The summed E-state index contributed by atoms with van der Waals surface area (Å²) in [5.74, 6) is -0.677. The monoisotopic (exact) mass is 244 g/mol. The Morgan fingerprint density at radius 2 is 1.29 bits per heavy atom. The highest BCUT2D eigenvalue weighted by Gasteiger charge is 2.07. The standard InChI is InChI=1S/C7H18B2N4O4/c1-8(16)12-3-6(14)10-5-11-7(15)4-13-9(2)17/h12-13,16-17H,3-5H2,1-2H3,(H,10,14)(H,11,15). The van der Waals surface area contributed by atoms with Crippen LogP contribution in [0.3, 0.4) is 0 Å². The van der Waals surface area contributed by atoms with Gasteiger partial charge in [0.25, 0.3) is 0 Å². The molecule has 0 unspecified atom stereocenters. The summed E-state index contributed by atoms with van der Waals surface area (Å²) in [4.78, 5) is 22.2. The van der Waals surface area contributed by atoms with Crippen LogP contribution in [0.25, 0.3) is 0 Å². The van der Waals surface area contributed by atoms with Crippen LogP contribution in [-0.2, 0) is 9.59 Å². The Kier molecular flexibility index (Phi) is 8.42. The lowest BCUT2D eigenvalue weighted by Gasteiger charge is -2.09. The van der Waals surface area contributed by atoms with Crippen molar-refractivity contribution in [3.63, 3.8) is 0 Å². The molecule has 0 aliphatic carbocycles. The zero-order valence-corrected chi connectivity index (χ0v) is 9.99. The molecule has 2 amide bonds. The van der Waals surface area contributed by atoms with Gasteiger partial charge >= 0.3 is 14.1 Å². The number of rotatable bonds is 8. The molecule has 0 atom stereocenters. The van der Waals surface area contributed by atoms with Gasteiger partial charge in [-0.05, 0) is 13.6 Å². The van der Waals surface area contributed by atoms with Crippen molar-refractivity contribution in [3.05, 3.63) is 0 Å². The zero-order valence-electron chi connectivity index (χ0n) is 9.99. The van der Waals surface area contributed by atoms with Gasteiger partial charge in [-0.3, -0.25) is 9.59 Å². The van der Waals surface area contributed by atoms with Crippen molar-refractivity contribution < 1.29 is 19.6 Å². The van der Waals surface area contributed by atoms with Crippen LogP contribution < -0.4 is 21.1 Å². The first kappa shape index (κ1) is 15.9. The van der Waals surface area contributed by atoms with E-state index < -0.39 is 14.1 Å². The van der Waals surface area contributed by atoms with Crippen molar-refractivity contribution in [1.29, 1.82) is 0 Å². The van der Waals surface area contributed by atoms with E-state index in [1.54, 1.807) is 0 Å². The minimum absolute atomic E-state index is 0.000641. The quantitative estimate of drug-likeness (QED) is 0.195. The third-order valence-electron chi connectivity index (χ3n) is 1.69. The fourth-order valence-corrected chi connectivity index (χ4v) is 0.847. The molecule has 96 valence electrons. The van der Waals surface area contributed by atoms with Crippen molar-refractivity contribution in [2.75, 3.05) is 19.8 Å². The van der Waals surface area contributed by atoms with Crippen molar-refractivity contribution in [2.45, 2.75) is 13.6 Å². The molecule has 0 aliphatic heterocycles. The number of hydrogen-bond donors (Lipinski definition) is 6. The molecule has 0 rings (SSSR count). The SMILES string of the molecule is CB(O)NCC(=O)NCNC(=O)CNB(C)O.